The van der Waals surface area contributed by atoms with Crippen LogP contribution in [0, 0.1) is 0 Å². The van der Waals surface area contributed by atoms with Crippen molar-refractivity contribution in [3.63, 3.8) is 0 Å². The highest BCUT2D eigenvalue weighted by Crippen LogP contribution is 2.18. The van der Waals surface area contributed by atoms with Crippen LogP contribution in [-0.2, 0) is 4.74 Å². The summed E-state index contributed by atoms with van der Waals surface area (Å²) >= 11 is 0. The largest absolute Gasteiger partial charge is 0.474 e. The molecule has 0 amide bonds. The maximum Gasteiger partial charge on any atom is 0.213 e. The minimum absolute atomic E-state index is 0.0139. The molecule has 1 fully saturated rings. The Morgan fingerprint density at radius 3 is 2.94 bits per heavy atom. The van der Waals surface area contributed by atoms with Crippen LogP contribution in [0.25, 0.3) is 0 Å². The second-order valence-electron chi connectivity index (χ2n) is 4.15. The first-order valence-electron chi connectivity index (χ1n) is 5.71. The third-order valence-electron chi connectivity index (χ3n) is 2.74. The molecule has 2 N–H and O–H groups in total. The lowest BCUT2D eigenvalue weighted by Gasteiger charge is -2.23. The Morgan fingerprint density at radius 1 is 1.50 bits per heavy atom. The molecule has 0 unspecified atom stereocenters. The second kappa shape index (κ2) is 5.27. The predicted octanol–water partition coefficient (Wildman–Crippen LogP) is 1.66. The molecule has 0 saturated carbocycles. The maximum absolute atomic E-state index is 5.81. The van der Waals surface area contributed by atoms with Gasteiger partial charge in [0, 0.05) is 31.1 Å². The highest BCUT2D eigenvalue weighted by molar-refractivity contribution is 5.23. The molecule has 88 valence electrons. The van der Waals surface area contributed by atoms with Gasteiger partial charge in [-0.25, -0.2) is 4.98 Å². The lowest BCUT2D eigenvalue weighted by atomic mass is 10.1. The molecule has 0 bridgehead atoms. The van der Waals surface area contributed by atoms with E-state index in [0.29, 0.717) is 5.88 Å². The molecule has 0 aliphatic carbocycles. The quantitative estimate of drug-likeness (QED) is 0.845. The summed E-state index contributed by atoms with van der Waals surface area (Å²) in [7, 11) is 0. The molecule has 4 heteroatoms. The van der Waals surface area contributed by atoms with Gasteiger partial charge in [0.25, 0.3) is 0 Å². The molecule has 2 rings (SSSR count). The van der Waals surface area contributed by atoms with E-state index in [2.05, 4.69) is 4.98 Å². The second-order valence-corrected chi connectivity index (χ2v) is 4.15. The summed E-state index contributed by atoms with van der Waals surface area (Å²) in [5.74, 6) is 0.668. The monoisotopic (exact) mass is 222 g/mol. The highest BCUT2D eigenvalue weighted by atomic mass is 16.5. The molecule has 1 aliphatic rings. The minimum Gasteiger partial charge on any atom is -0.474 e. The molecule has 1 atom stereocenters. The van der Waals surface area contributed by atoms with E-state index in [4.69, 9.17) is 15.2 Å². The molecule has 1 aromatic heterocycles. The number of pyridine rings is 1. The van der Waals surface area contributed by atoms with Crippen LogP contribution in [0.15, 0.2) is 18.3 Å². The molecule has 16 heavy (non-hydrogen) atoms. The van der Waals surface area contributed by atoms with E-state index in [-0.39, 0.29) is 12.1 Å². The van der Waals surface area contributed by atoms with Gasteiger partial charge in [0.15, 0.2) is 0 Å². The number of hydrogen-bond acceptors (Lipinski definition) is 4. The molecular formula is C12H18N2O2. The predicted molar refractivity (Wildman–Crippen MR) is 61.3 cm³/mol. The Labute approximate surface area is 95.8 Å². The van der Waals surface area contributed by atoms with Gasteiger partial charge >= 0.3 is 0 Å². The average molecular weight is 222 g/mol. The first kappa shape index (κ1) is 11.4. The van der Waals surface area contributed by atoms with Gasteiger partial charge in [0.1, 0.15) is 6.10 Å². The Bertz CT molecular complexity index is 336. The van der Waals surface area contributed by atoms with Crippen molar-refractivity contribution in [2.75, 3.05) is 13.2 Å². The summed E-state index contributed by atoms with van der Waals surface area (Å²) in [5, 5.41) is 0. The fraction of sp³-hybridized carbons (Fsp3) is 0.583. The highest BCUT2D eigenvalue weighted by Gasteiger charge is 2.16. The summed E-state index contributed by atoms with van der Waals surface area (Å²) < 4.78 is 11.1. The number of ether oxygens (including phenoxy) is 2. The Morgan fingerprint density at radius 2 is 2.25 bits per heavy atom. The van der Waals surface area contributed by atoms with Gasteiger partial charge in [-0.05, 0) is 18.6 Å². The van der Waals surface area contributed by atoms with Gasteiger partial charge in [0.05, 0.1) is 13.2 Å². The van der Waals surface area contributed by atoms with Crippen molar-refractivity contribution in [3.8, 4) is 5.88 Å². The molecule has 1 aliphatic heterocycles. The standard InChI is InChI=1S/C12H18N2O2/c1-9(13)10-2-5-14-12(8-10)16-11-3-6-15-7-4-11/h2,5,8-9,11H,3-4,6-7,13H2,1H3/t9-/m1/s1. The van der Waals surface area contributed by atoms with Gasteiger partial charge in [-0.15, -0.1) is 0 Å². The van der Waals surface area contributed by atoms with Gasteiger partial charge in [0.2, 0.25) is 5.88 Å². The fourth-order valence-electron chi connectivity index (χ4n) is 1.74. The average Bonchev–Trinajstić information content (AvgIpc) is 2.30. The van der Waals surface area contributed by atoms with Crippen molar-refractivity contribution in [2.45, 2.75) is 31.9 Å². The van der Waals surface area contributed by atoms with Gasteiger partial charge in [-0.2, -0.15) is 0 Å². The first-order chi connectivity index (χ1) is 7.75. The summed E-state index contributed by atoms with van der Waals surface area (Å²) in [5.41, 5.74) is 6.87. The van der Waals surface area contributed by atoms with Gasteiger partial charge in [-0.3, -0.25) is 0 Å². The lowest BCUT2D eigenvalue weighted by Crippen LogP contribution is -2.26. The van der Waals surface area contributed by atoms with E-state index in [1.165, 1.54) is 0 Å². The maximum atomic E-state index is 5.81. The molecule has 4 nitrogen and oxygen atoms in total. The smallest absolute Gasteiger partial charge is 0.213 e. The third kappa shape index (κ3) is 2.93. The Hall–Kier alpha value is -1.13. The van der Waals surface area contributed by atoms with Gasteiger partial charge in [-0.1, -0.05) is 0 Å². The van der Waals surface area contributed by atoms with Crippen molar-refractivity contribution in [3.05, 3.63) is 23.9 Å². The molecular weight excluding hydrogens is 204 g/mol. The molecule has 2 heterocycles. The van der Waals surface area contributed by atoms with Crippen LogP contribution in [0.2, 0.25) is 0 Å². The number of hydrogen-bond donors (Lipinski definition) is 1. The van der Waals surface area contributed by atoms with Crippen LogP contribution in [0.1, 0.15) is 31.4 Å². The Kier molecular flexibility index (Phi) is 3.74. The van der Waals surface area contributed by atoms with E-state index >= 15 is 0 Å². The van der Waals surface area contributed by atoms with Crippen LogP contribution in [0.5, 0.6) is 5.88 Å². The molecule has 0 radical (unpaired) electrons. The molecule has 0 aromatic carbocycles. The lowest BCUT2D eigenvalue weighted by molar-refractivity contribution is 0.0237. The molecule has 0 spiro atoms. The summed E-state index contributed by atoms with van der Waals surface area (Å²) in [6.45, 7) is 3.50. The van der Waals surface area contributed by atoms with Crippen LogP contribution < -0.4 is 10.5 Å². The third-order valence-corrected chi connectivity index (χ3v) is 2.74. The fourth-order valence-corrected chi connectivity index (χ4v) is 1.74. The van der Waals surface area contributed by atoms with Crippen LogP contribution in [0.3, 0.4) is 0 Å². The summed E-state index contributed by atoms with van der Waals surface area (Å²) in [4.78, 5) is 4.20. The summed E-state index contributed by atoms with van der Waals surface area (Å²) in [6, 6.07) is 3.85. The van der Waals surface area contributed by atoms with Crippen LogP contribution in [0.4, 0.5) is 0 Å². The van der Waals surface area contributed by atoms with E-state index < -0.39 is 0 Å². The molecule has 1 saturated heterocycles. The van der Waals surface area contributed by atoms with Crippen molar-refractivity contribution >= 4 is 0 Å². The zero-order chi connectivity index (χ0) is 11.4. The van der Waals surface area contributed by atoms with Crippen LogP contribution in [-0.4, -0.2) is 24.3 Å². The van der Waals surface area contributed by atoms with Crippen molar-refractivity contribution in [1.29, 1.82) is 0 Å². The van der Waals surface area contributed by atoms with E-state index in [1.54, 1.807) is 6.20 Å². The van der Waals surface area contributed by atoms with E-state index in [0.717, 1.165) is 31.6 Å². The Balaban J connectivity index is 2.00. The van der Waals surface area contributed by atoms with Crippen molar-refractivity contribution < 1.29 is 9.47 Å². The normalized spacial score (nSPS) is 19.4. The number of nitrogens with two attached hydrogens (primary N) is 1. The number of aromatic nitrogens is 1. The van der Waals surface area contributed by atoms with Crippen molar-refractivity contribution in [2.24, 2.45) is 5.73 Å². The molecule has 1 aromatic rings. The number of rotatable bonds is 3. The zero-order valence-corrected chi connectivity index (χ0v) is 9.56. The van der Waals surface area contributed by atoms with Crippen molar-refractivity contribution in [1.82, 2.24) is 4.98 Å². The zero-order valence-electron chi connectivity index (χ0n) is 9.56. The van der Waals surface area contributed by atoms with Gasteiger partial charge < -0.3 is 15.2 Å². The summed E-state index contributed by atoms with van der Waals surface area (Å²) in [6.07, 6.45) is 3.84. The van der Waals surface area contributed by atoms with E-state index in [9.17, 15) is 0 Å². The topological polar surface area (TPSA) is 57.4 Å². The van der Waals surface area contributed by atoms with E-state index in [1.807, 2.05) is 19.1 Å². The van der Waals surface area contributed by atoms with Crippen LogP contribution >= 0.6 is 0 Å². The SMILES string of the molecule is C[C@@H](N)c1ccnc(OC2CCOCC2)c1. The minimum atomic E-state index is 0.0139. The number of nitrogens with zero attached hydrogens (tertiary/aromatic N) is 1. The first-order valence-corrected chi connectivity index (χ1v) is 5.71.